The fourth-order valence-electron chi connectivity index (χ4n) is 1.85. The number of anilines is 2. The van der Waals surface area contributed by atoms with Gasteiger partial charge in [0, 0.05) is 24.6 Å². The van der Waals surface area contributed by atoms with Crippen molar-refractivity contribution >= 4 is 17.5 Å². The highest BCUT2D eigenvalue weighted by Gasteiger charge is 2.10. The number of nitrogens with two attached hydrogens (primary N) is 1. The van der Waals surface area contributed by atoms with Crippen molar-refractivity contribution in [3.05, 3.63) is 36.4 Å². The molecule has 0 radical (unpaired) electrons. The lowest BCUT2D eigenvalue weighted by Gasteiger charge is -2.10. The van der Waals surface area contributed by atoms with Gasteiger partial charge < -0.3 is 10.3 Å². The van der Waals surface area contributed by atoms with Gasteiger partial charge in [-0.1, -0.05) is 13.8 Å². The summed E-state index contributed by atoms with van der Waals surface area (Å²) in [6.07, 6.45) is 5.29. The second-order valence-electron chi connectivity index (χ2n) is 5.10. The number of nitrogen functional groups attached to an aromatic ring is 1. The highest BCUT2D eigenvalue weighted by atomic mass is 16.1. The van der Waals surface area contributed by atoms with E-state index in [-0.39, 0.29) is 12.3 Å². The molecule has 3 N–H and O–H groups in total. The summed E-state index contributed by atoms with van der Waals surface area (Å²) < 4.78 is 1.93. The van der Waals surface area contributed by atoms with Crippen LogP contribution in [0, 0.1) is 5.92 Å². The topological polar surface area (TPSA) is 85.8 Å². The Labute approximate surface area is 118 Å². The van der Waals surface area contributed by atoms with Crippen molar-refractivity contribution in [1.29, 1.82) is 0 Å². The first-order valence-corrected chi connectivity index (χ1v) is 6.56. The number of nitrogens with one attached hydrogen (secondary N) is 1. The standard InChI is InChI=1S/C14H19N5O/c1-10(2)9-19-6-5-16-14(19)18-13(20)7-12-4-3-11(15)8-17-12/h3-6,8,10H,7,9,15H2,1-2H3,(H,16,18,20). The van der Waals surface area contributed by atoms with Gasteiger partial charge in [0.05, 0.1) is 18.3 Å². The Kier molecular flexibility index (Phi) is 4.34. The van der Waals surface area contributed by atoms with E-state index < -0.39 is 0 Å². The second-order valence-corrected chi connectivity index (χ2v) is 5.10. The molecule has 0 aromatic carbocycles. The molecule has 0 unspecified atom stereocenters. The van der Waals surface area contributed by atoms with Crippen LogP contribution in [0.2, 0.25) is 0 Å². The number of carbonyl (C=O) groups excluding carboxylic acids is 1. The predicted octanol–water partition coefficient (Wildman–Crippen LogP) is 1.70. The molecule has 0 saturated heterocycles. The molecule has 2 heterocycles. The van der Waals surface area contributed by atoms with Crippen LogP contribution in [0.5, 0.6) is 0 Å². The van der Waals surface area contributed by atoms with Crippen LogP contribution < -0.4 is 11.1 Å². The average molecular weight is 273 g/mol. The predicted molar refractivity (Wildman–Crippen MR) is 78.0 cm³/mol. The minimum absolute atomic E-state index is 0.140. The number of hydrogen-bond donors (Lipinski definition) is 2. The Hall–Kier alpha value is -2.37. The summed E-state index contributed by atoms with van der Waals surface area (Å²) in [4.78, 5) is 20.2. The highest BCUT2D eigenvalue weighted by Crippen LogP contribution is 2.09. The zero-order valence-electron chi connectivity index (χ0n) is 11.7. The van der Waals surface area contributed by atoms with Crippen LogP contribution in [0.15, 0.2) is 30.7 Å². The number of carbonyl (C=O) groups is 1. The van der Waals surface area contributed by atoms with Gasteiger partial charge in [-0.2, -0.15) is 0 Å². The Morgan fingerprint density at radius 3 is 2.85 bits per heavy atom. The number of aromatic nitrogens is 3. The molecule has 0 saturated carbocycles. The molecular formula is C14H19N5O. The second kappa shape index (κ2) is 6.18. The van der Waals surface area contributed by atoms with Crippen LogP contribution in [0.4, 0.5) is 11.6 Å². The quantitative estimate of drug-likeness (QED) is 0.868. The molecule has 0 aliphatic heterocycles. The third kappa shape index (κ3) is 3.81. The van der Waals surface area contributed by atoms with Gasteiger partial charge in [0.25, 0.3) is 0 Å². The Balaban J connectivity index is 1.98. The van der Waals surface area contributed by atoms with Crippen molar-refractivity contribution in [2.75, 3.05) is 11.1 Å². The molecule has 20 heavy (non-hydrogen) atoms. The smallest absolute Gasteiger partial charge is 0.232 e. The molecular weight excluding hydrogens is 254 g/mol. The van der Waals surface area contributed by atoms with E-state index in [9.17, 15) is 4.79 Å². The normalized spacial score (nSPS) is 10.8. The van der Waals surface area contributed by atoms with Crippen LogP contribution >= 0.6 is 0 Å². The largest absolute Gasteiger partial charge is 0.397 e. The van der Waals surface area contributed by atoms with E-state index in [1.165, 1.54) is 0 Å². The minimum atomic E-state index is -0.140. The monoisotopic (exact) mass is 273 g/mol. The fraction of sp³-hybridized carbons (Fsp3) is 0.357. The molecule has 2 aromatic heterocycles. The van der Waals surface area contributed by atoms with E-state index in [4.69, 9.17) is 5.73 Å². The number of nitrogens with zero attached hydrogens (tertiary/aromatic N) is 3. The van der Waals surface area contributed by atoms with Crippen molar-refractivity contribution in [2.45, 2.75) is 26.8 Å². The minimum Gasteiger partial charge on any atom is -0.397 e. The molecule has 0 atom stereocenters. The third-order valence-corrected chi connectivity index (χ3v) is 2.72. The maximum atomic E-state index is 12.0. The van der Waals surface area contributed by atoms with Crippen LogP contribution in [0.3, 0.4) is 0 Å². The number of pyridine rings is 1. The van der Waals surface area contributed by atoms with Crippen LogP contribution in [-0.2, 0) is 17.8 Å². The summed E-state index contributed by atoms with van der Waals surface area (Å²) in [5, 5.41) is 2.80. The van der Waals surface area contributed by atoms with Gasteiger partial charge in [-0.3, -0.25) is 15.1 Å². The van der Waals surface area contributed by atoms with Gasteiger partial charge in [0.1, 0.15) is 0 Å². The molecule has 0 aliphatic carbocycles. The van der Waals surface area contributed by atoms with E-state index in [0.717, 1.165) is 6.54 Å². The van der Waals surface area contributed by atoms with Gasteiger partial charge in [-0.05, 0) is 18.1 Å². The first-order valence-electron chi connectivity index (χ1n) is 6.56. The summed E-state index contributed by atoms with van der Waals surface area (Å²) in [5.74, 6) is 0.913. The summed E-state index contributed by atoms with van der Waals surface area (Å²) in [5.41, 5.74) is 6.82. The number of amides is 1. The van der Waals surface area contributed by atoms with Gasteiger partial charge in [0.15, 0.2) is 0 Å². The van der Waals surface area contributed by atoms with Crippen molar-refractivity contribution in [2.24, 2.45) is 5.92 Å². The van der Waals surface area contributed by atoms with Crippen molar-refractivity contribution < 1.29 is 4.79 Å². The molecule has 0 aliphatic rings. The molecule has 2 rings (SSSR count). The van der Waals surface area contributed by atoms with E-state index in [1.807, 2.05) is 10.8 Å². The summed E-state index contributed by atoms with van der Waals surface area (Å²) in [6, 6.07) is 3.48. The Morgan fingerprint density at radius 2 is 2.20 bits per heavy atom. The van der Waals surface area contributed by atoms with Crippen LogP contribution in [-0.4, -0.2) is 20.4 Å². The van der Waals surface area contributed by atoms with E-state index >= 15 is 0 Å². The van der Waals surface area contributed by atoms with Crippen molar-refractivity contribution in [1.82, 2.24) is 14.5 Å². The average Bonchev–Trinajstić information content (AvgIpc) is 2.78. The summed E-state index contributed by atoms with van der Waals surface area (Å²) >= 11 is 0. The lowest BCUT2D eigenvalue weighted by Crippen LogP contribution is -2.19. The SMILES string of the molecule is CC(C)Cn1ccnc1NC(=O)Cc1ccc(N)cn1. The zero-order valence-corrected chi connectivity index (χ0v) is 11.7. The van der Waals surface area contributed by atoms with Gasteiger partial charge in [-0.25, -0.2) is 4.98 Å². The maximum Gasteiger partial charge on any atom is 0.232 e. The first kappa shape index (κ1) is 14.0. The van der Waals surface area contributed by atoms with E-state index in [2.05, 4.69) is 29.1 Å². The molecule has 2 aromatic rings. The van der Waals surface area contributed by atoms with Crippen LogP contribution in [0.25, 0.3) is 0 Å². The molecule has 106 valence electrons. The van der Waals surface area contributed by atoms with E-state index in [1.54, 1.807) is 24.5 Å². The van der Waals surface area contributed by atoms with Gasteiger partial charge in [-0.15, -0.1) is 0 Å². The van der Waals surface area contributed by atoms with Gasteiger partial charge in [0.2, 0.25) is 11.9 Å². The Bertz CT molecular complexity index is 574. The third-order valence-electron chi connectivity index (χ3n) is 2.72. The molecule has 6 nitrogen and oxygen atoms in total. The van der Waals surface area contributed by atoms with Crippen molar-refractivity contribution in [3.8, 4) is 0 Å². The summed E-state index contributed by atoms with van der Waals surface area (Å²) in [6.45, 7) is 5.05. The van der Waals surface area contributed by atoms with Crippen molar-refractivity contribution in [3.63, 3.8) is 0 Å². The lowest BCUT2D eigenvalue weighted by molar-refractivity contribution is -0.115. The Morgan fingerprint density at radius 1 is 1.40 bits per heavy atom. The summed E-state index contributed by atoms with van der Waals surface area (Å²) in [7, 11) is 0. The molecule has 1 amide bonds. The zero-order chi connectivity index (χ0) is 14.5. The number of hydrogen-bond acceptors (Lipinski definition) is 4. The molecule has 0 fully saturated rings. The number of imidazole rings is 1. The number of rotatable bonds is 5. The van der Waals surface area contributed by atoms with Gasteiger partial charge >= 0.3 is 0 Å². The molecule has 0 bridgehead atoms. The molecule has 6 heteroatoms. The first-order chi connectivity index (χ1) is 9.54. The lowest BCUT2D eigenvalue weighted by atomic mass is 10.2. The van der Waals surface area contributed by atoms with Crippen LogP contribution in [0.1, 0.15) is 19.5 Å². The molecule has 0 spiro atoms. The van der Waals surface area contributed by atoms with E-state index in [0.29, 0.717) is 23.2 Å². The maximum absolute atomic E-state index is 12.0. The fourth-order valence-corrected chi connectivity index (χ4v) is 1.85. The highest BCUT2D eigenvalue weighted by molar-refractivity contribution is 5.90.